The fourth-order valence-electron chi connectivity index (χ4n) is 1.79. The first-order valence-electron chi connectivity index (χ1n) is 6.35. The lowest BCUT2D eigenvalue weighted by Gasteiger charge is -2.11. The number of halogens is 1. The molecule has 1 aromatic carbocycles. The van der Waals surface area contributed by atoms with Gasteiger partial charge in [-0.25, -0.2) is 4.68 Å². The third kappa shape index (κ3) is 4.86. The zero-order valence-corrected chi connectivity index (χ0v) is 12.5. The lowest BCUT2D eigenvalue weighted by atomic mass is 10.2. The van der Waals surface area contributed by atoms with Gasteiger partial charge in [0.05, 0.1) is 36.3 Å². The molecule has 0 aliphatic carbocycles. The van der Waals surface area contributed by atoms with Crippen LogP contribution in [0.15, 0.2) is 42.7 Å². The molecule has 1 unspecified atom stereocenters. The van der Waals surface area contributed by atoms with Crippen molar-refractivity contribution in [3.63, 3.8) is 0 Å². The van der Waals surface area contributed by atoms with Gasteiger partial charge in [0.2, 0.25) is 5.91 Å². The molecule has 0 aliphatic heterocycles. The number of rotatable bonds is 6. The Labute approximate surface area is 129 Å². The minimum atomic E-state index is -0.265. The largest absolute Gasteiger partial charge is 0.380 e. The molecule has 2 aromatic rings. The normalized spacial score (nSPS) is 11.5. The molecule has 3 N–H and O–H groups in total. The second kappa shape index (κ2) is 8.41. The van der Waals surface area contributed by atoms with Crippen LogP contribution in [0.5, 0.6) is 0 Å². The van der Waals surface area contributed by atoms with E-state index >= 15 is 0 Å². The predicted octanol–water partition coefficient (Wildman–Crippen LogP) is 1.60. The van der Waals surface area contributed by atoms with Crippen molar-refractivity contribution in [2.75, 3.05) is 19.0 Å². The second-order valence-corrected chi connectivity index (χ2v) is 4.35. The van der Waals surface area contributed by atoms with Gasteiger partial charge in [0.15, 0.2) is 0 Å². The van der Waals surface area contributed by atoms with E-state index in [2.05, 4.69) is 10.4 Å². The SMILES string of the molecule is COC(CN)CC(=O)Nc1cnn(-c2ccccc2)c1.Cl. The summed E-state index contributed by atoms with van der Waals surface area (Å²) in [5.41, 5.74) is 7.06. The fourth-order valence-corrected chi connectivity index (χ4v) is 1.79. The zero-order chi connectivity index (χ0) is 14.4. The Morgan fingerprint density at radius 1 is 1.43 bits per heavy atom. The number of methoxy groups -OCH3 is 1. The van der Waals surface area contributed by atoms with Crippen LogP contribution >= 0.6 is 12.4 Å². The molecule has 1 amide bonds. The minimum absolute atomic E-state index is 0. The highest BCUT2D eigenvalue weighted by atomic mass is 35.5. The highest BCUT2D eigenvalue weighted by Gasteiger charge is 2.12. The fraction of sp³-hybridized carbons (Fsp3) is 0.286. The van der Waals surface area contributed by atoms with Gasteiger partial charge in [-0.3, -0.25) is 4.79 Å². The number of aromatic nitrogens is 2. The number of amides is 1. The standard InChI is InChI=1S/C14H18N4O2.ClH/c1-20-13(8-15)7-14(19)17-11-9-16-18(10-11)12-5-3-2-4-6-12;/h2-6,9-10,13H,7-8,15H2,1H3,(H,17,19);1H. The first kappa shape index (κ1) is 17.2. The number of hydrogen-bond acceptors (Lipinski definition) is 4. The van der Waals surface area contributed by atoms with E-state index in [1.807, 2.05) is 30.3 Å². The maximum absolute atomic E-state index is 11.8. The quantitative estimate of drug-likeness (QED) is 0.849. The lowest BCUT2D eigenvalue weighted by Crippen LogP contribution is -2.28. The number of nitrogens with one attached hydrogen (secondary N) is 1. The van der Waals surface area contributed by atoms with E-state index in [1.165, 1.54) is 7.11 Å². The molecule has 0 aliphatic rings. The summed E-state index contributed by atoms with van der Waals surface area (Å²) < 4.78 is 6.78. The van der Waals surface area contributed by atoms with E-state index in [1.54, 1.807) is 17.1 Å². The Hall–Kier alpha value is -1.89. The van der Waals surface area contributed by atoms with Gasteiger partial charge in [0.25, 0.3) is 0 Å². The molecule has 0 saturated carbocycles. The summed E-state index contributed by atoms with van der Waals surface area (Å²) in [6.45, 7) is 0.313. The number of carbonyl (C=O) groups is 1. The van der Waals surface area contributed by atoms with Crippen LogP contribution in [0.25, 0.3) is 5.69 Å². The third-order valence-corrected chi connectivity index (χ3v) is 2.90. The Morgan fingerprint density at radius 2 is 2.14 bits per heavy atom. The van der Waals surface area contributed by atoms with Crippen LogP contribution in [-0.2, 0) is 9.53 Å². The second-order valence-electron chi connectivity index (χ2n) is 4.35. The highest BCUT2D eigenvalue weighted by Crippen LogP contribution is 2.11. The van der Waals surface area contributed by atoms with Gasteiger partial charge >= 0.3 is 0 Å². The van der Waals surface area contributed by atoms with Crippen LogP contribution in [0.3, 0.4) is 0 Å². The van der Waals surface area contributed by atoms with Crippen LogP contribution in [0.2, 0.25) is 0 Å². The van der Waals surface area contributed by atoms with Crippen molar-refractivity contribution in [3.8, 4) is 5.69 Å². The average molecular weight is 311 g/mol. The van der Waals surface area contributed by atoms with Crippen molar-refractivity contribution >= 4 is 24.0 Å². The van der Waals surface area contributed by atoms with Crippen molar-refractivity contribution in [1.82, 2.24) is 9.78 Å². The van der Waals surface area contributed by atoms with Crippen LogP contribution in [0, 0.1) is 0 Å². The van der Waals surface area contributed by atoms with Gasteiger partial charge in [0.1, 0.15) is 0 Å². The van der Waals surface area contributed by atoms with Crippen LogP contribution < -0.4 is 11.1 Å². The van der Waals surface area contributed by atoms with Crippen molar-refractivity contribution < 1.29 is 9.53 Å². The number of nitrogens with zero attached hydrogens (tertiary/aromatic N) is 2. The maximum atomic E-state index is 11.8. The first-order chi connectivity index (χ1) is 9.72. The summed E-state index contributed by atoms with van der Waals surface area (Å²) in [6, 6.07) is 9.68. The van der Waals surface area contributed by atoms with Crippen molar-refractivity contribution in [1.29, 1.82) is 0 Å². The molecule has 114 valence electrons. The topological polar surface area (TPSA) is 82.2 Å². The van der Waals surface area contributed by atoms with Crippen LogP contribution in [-0.4, -0.2) is 35.4 Å². The zero-order valence-electron chi connectivity index (χ0n) is 11.7. The summed E-state index contributed by atoms with van der Waals surface area (Å²) in [7, 11) is 1.54. The van der Waals surface area contributed by atoms with Crippen LogP contribution in [0.1, 0.15) is 6.42 Å². The number of benzene rings is 1. The molecule has 0 bridgehead atoms. The van der Waals surface area contributed by atoms with Crippen LogP contribution in [0.4, 0.5) is 5.69 Å². The summed E-state index contributed by atoms with van der Waals surface area (Å²) in [5.74, 6) is -0.144. The van der Waals surface area contributed by atoms with E-state index < -0.39 is 0 Å². The van der Waals surface area contributed by atoms with Crippen molar-refractivity contribution in [3.05, 3.63) is 42.7 Å². The molecule has 0 fully saturated rings. The van der Waals surface area contributed by atoms with Gasteiger partial charge < -0.3 is 15.8 Å². The predicted molar refractivity (Wildman–Crippen MR) is 83.9 cm³/mol. The summed E-state index contributed by atoms with van der Waals surface area (Å²) >= 11 is 0. The van der Waals surface area contributed by atoms with E-state index in [4.69, 9.17) is 10.5 Å². The highest BCUT2D eigenvalue weighted by molar-refractivity contribution is 5.90. The molecule has 1 heterocycles. The Kier molecular flexibility index (Phi) is 6.87. The van der Waals surface area contributed by atoms with Gasteiger partial charge in [-0.2, -0.15) is 5.10 Å². The van der Waals surface area contributed by atoms with Crippen molar-refractivity contribution in [2.24, 2.45) is 5.73 Å². The number of hydrogen-bond donors (Lipinski definition) is 2. The van der Waals surface area contributed by atoms with Gasteiger partial charge in [-0.05, 0) is 12.1 Å². The summed E-state index contributed by atoms with van der Waals surface area (Å²) in [5, 5.41) is 6.98. The maximum Gasteiger partial charge on any atom is 0.227 e. The molecule has 1 atom stereocenters. The van der Waals surface area contributed by atoms with E-state index in [9.17, 15) is 4.79 Å². The van der Waals surface area contributed by atoms with Crippen molar-refractivity contribution in [2.45, 2.75) is 12.5 Å². The molecule has 21 heavy (non-hydrogen) atoms. The van der Waals surface area contributed by atoms with E-state index in [0.717, 1.165) is 5.69 Å². The molecular formula is C14H19ClN4O2. The lowest BCUT2D eigenvalue weighted by molar-refractivity contribution is -0.118. The van der Waals surface area contributed by atoms with E-state index in [-0.39, 0.29) is 30.8 Å². The molecule has 0 radical (unpaired) electrons. The minimum Gasteiger partial charge on any atom is -0.380 e. The molecular weight excluding hydrogens is 292 g/mol. The average Bonchev–Trinajstić information content (AvgIpc) is 2.94. The first-order valence-corrected chi connectivity index (χ1v) is 6.35. The Morgan fingerprint density at radius 3 is 2.76 bits per heavy atom. The summed E-state index contributed by atoms with van der Waals surface area (Å²) in [4.78, 5) is 11.8. The van der Waals surface area contributed by atoms with E-state index in [0.29, 0.717) is 12.2 Å². The van der Waals surface area contributed by atoms with Gasteiger partial charge in [-0.15, -0.1) is 12.4 Å². The summed E-state index contributed by atoms with van der Waals surface area (Å²) in [6.07, 6.45) is 3.33. The van der Waals surface area contributed by atoms with Gasteiger partial charge in [0, 0.05) is 13.7 Å². The third-order valence-electron chi connectivity index (χ3n) is 2.90. The molecule has 2 rings (SSSR count). The number of nitrogens with two attached hydrogens (primary N) is 1. The van der Waals surface area contributed by atoms with Gasteiger partial charge in [-0.1, -0.05) is 18.2 Å². The molecule has 6 nitrogen and oxygen atoms in total. The number of carbonyl (C=O) groups excluding carboxylic acids is 1. The monoisotopic (exact) mass is 310 g/mol. The molecule has 0 spiro atoms. The smallest absolute Gasteiger partial charge is 0.227 e. The molecule has 7 heteroatoms. The Balaban J connectivity index is 0.00000220. The molecule has 0 saturated heterocycles. The number of anilines is 1. The number of para-hydroxylation sites is 1. The molecule has 1 aromatic heterocycles. The number of ether oxygens (including phenoxy) is 1. The Bertz CT molecular complexity index is 555.